The van der Waals surface area contributed by atoms with Gasteiger partial charge >= 0.3 is 0 Å². The number of sulfonamides is 2. The average Bonchev–Trinajstić information content (AvgIpc) is 2.65. The Kier molecular flexibility index (Phi) is 5.41. The van der Waals surface area contributed by atoms with E-state index in [-0.39, 0.29) is 26.2 Å². The average molecular weight is 421 g/mol. The summed E-state index contributed by atoms with van der Waals surface area (Å²) in [5.74, 6) is 0. The summed E-state index contributed by atoms with van der Waals surface area (Å²) in [6, 6.07) is 15.4. The number of allylic oxidation sites excluding steroid dienone is 4. The summed E-state index contributed by atoms with van der Waals surface area (Å²) in [6.07, 6.45) is 3.90. The fourth-order valence-corrected chi connectivity index (χ4v) is 4.47. The van der Waals surface area contributed by atoms with Crippen molar-refractivity contribution in [1.29, 1.82) is 0 Å². The van der Waals surface area contributed by atoms with E-state index in [1.165, 1.54) is 42.5 Å². The second kappa shape index (κ2) is 7.59. The summed E-state index contributed by atoms with van der Waals surface area (Å²) in [4.78, 5) is 0.0722. The molecule has 9 heteroatoms. The SMILES string of the molecule is O=S(=O)(/N=C1C=C/C(=N\S(=O)(=O)c2ccccc2)C=C/1Cl)c1ccccc1. The Morgan fingerprint density at radius 2 is 1.15 bits per heavy atom. The third-order valence-electron chi connectivity index (χ3n) is 3.46. The molecular weight excluding hydrogens is 408 g/mol. The summed E-state index contributed by atoms with van der Waals surface area (Å²) in [7, 11) is -7.84. The van der Waals surface area contributed by atoms with Crippen LogP contribution in [-0.2, 0) is 20.0 Å². The number of benzene rings is 2. The van der Waals surface area contributed by atoms with Crippen LogP contribution in [0.3, 0.4) is 0 Å². The van der Waals surface area contributed by atoms with Gasteiger partial charge in [0.1, 0.15) is 0 Å². The third-order valence-corrected chi connectivity index (χ3v) is 6.38. The van der Waals surface area contributed by atoms with Crippen molar-refractivity contribution in [1.82, 2.24) is 0 Å². The lowest BCUT2D eigenvalue weighted by Crippen LogP contribution is -2.10. The number of hydrogen-bond acceptors (Lipinski definition) is 4. The molecule has 0 fully saturated rings. The molecule has 0 unspecified atom stereocenters. The number of rotatable bonds is 4. The van der Waals surface area contributed by atoms with Crippen LogP contribution in [0.2, 0.25) is 0 Å². The van der Waals surface area contributed by atoms with Gasteiger partial charge in [0.15, 0.2) is 0 Å². The monoisotopic (exact) mass is 420 g/mol. The van der Waals surface area contributed by atoms with Gasteiger partial charge in [-0.2, -0.15) is 25.6 Å². The van der Waals surface area contributed by atoms with Crippen LogP contribution in [0.5, 0.6) is 0 Å². The largest absolute Gasteiger partial charge is 0.282 e. The molecule has 6 nitrogen and oxygen atoms in total. The van der Waals surface area contributed by atoms with Gasteiger partial charge in [-0.1, -0.05) is 48.0 Å². The van der Waals surface area contributed by atoms with Gasteiger partial charge in [-0.05, 0) is 42.5 Å². The first-order valence-corrected chi connectivity index (χ1v) is 10.9. The molecule has 0 bridgehead atoms. The zero-order chi connectivity index (χ0) is 19.5. The van der Waals surface area contributed by atoms with Crippen LogP contribution in [-0.4, -0.2) is 28.3 Å². The van der Waals surface area contributed by atoms with E-state index in [4.69, 9.17) is 11.6 Å². The maximum absolute atomic E-state index is 12.3. The van der Waals surface area contributed by atoms with Gasteiger partial charge in [-0.3, -0.25) is 0 Å². The molecule has 0 aromatic heterocycles. The summed E-state index contributed by atoms with van der Waals surface area (Å²) in [5.41, 5.74) is 0.0662. The number of nitrogens with zero attached hydrogens (tertiary/aromatic N) is 2. The van der Waals surface area contributed by atoms with Crippen molar-refractivity contribution in [3.05, 3.63) is 83.9 Å². The first kappa shape index (κ1) is 19.2. The van der Waals surface area contributed by atoms with Gasteiger partial charge < -0.3 is 0 Å². The molecule has 0 amide bonds. The molecule has 1 aliphatic carbocycles. The predicted octanol–water partition coefficient (Wildman–Crippen LogP) is 3.34. The van der Waals surface area contributed by atoms with Crippen molar-refractivity contribution in [3.8, 4) is 0 Å². The van der Waals surface area contributed by atoms with Crippen LogP contribution >= 0.6 is 11.6 Å². The van der Waals surface area contributed by atoms with E-state index in [2.05, 4.69) is 8.80 Å². The van der Waals surface area contributed by atoms with Crippen LogP contribution < -0.4 is 0 Å². The zero-order valence-electron chi connectivity index (χ0n) is 13.7. The number of halogens is 1. The van der Waals surface area contributed by atoms with Gasteiger partial charge in [0.05, 0.1) is 26.2 Å². The first-order chi connectivity index (χ1) is 12.8. The molecule has 0 N–H and O–H groups in total. The predicted molar refractivity (Wildman–Crippen MR) is 105 cm³/mol. The highest BCUT2D eigenvalue weighted by Gasteiger charge is 2.18. The lowest BCUT2D eigenvalue weighted by molar-refractivity contribution is 0.596. The number of hydrogen-bond donors (Lipinski definition) is 0. The Morgan fingerprint density at radius 1 is 0.667 bits per heavy atom. The van der Waals surface area contributed by atoms with E-state index in [0.29, 0.717) is 0 Å². The molecular formula is C18H13ClN2O4S2. The Balaban J connectivity index is 1.92. The molecule has 0 aliphatic heterocycles. The van der Waals surface area contributed by atoms with Gasteiger partial charge in [0.25, 0.3) is 20.0 Å². The zero-order valence-corrected chi connectivity index (χ0v) is 16.1. The second-order valence-corrected chi connectivity index (χ2v) is 9.01. The van der Waals surface area contributed by atoms with Gasteiger partial charge in [-0.15, -0.1) is 0 Å². The molecule has 0 radical (unpaired) electrons. The third kappa shape index (κ3) is 4.60. The van der Waals surface area contributed by atoms with Crippen LogP contribution in [0.4, 0.5) is 0 Å². The second-order valence-electron chi connectivity index (χ2n) is 5.39. The minimum absolute atomic E-state index is 0.00317. The van der Waals surface area contributed by atoms with Crippen molar-refractivity contribution in [2.24, 2.45) is 8.80 Å². The molecule has 0 atom stereocenters. The van der Waals surface area contributed by atoms with Gasteiger partial charge in [0.2, 0.25) is 0 Å². The quantitative estimate of drug-likeness (QED) is 0.709. The maximum atomic E-state index is 12.3. The van der Waals surface area contributed by atoms with E-state index in [9.17, 15) is 16.8 Å². The van der Waals surface area contributed by atoms with E-state index in [1.54, 1.807) is 36.4 Å². The Morgan fingerprint density at radius 3 is 1.63 bits per heavy atom. The summed E-state index contributed by atoms with van der Waals surface area (Å²) in [5, 5.41) is -0.0287. The van der Waals surface area contributed by atoms with E-state index < -0.39 is 20.0 Å². The molecule has 0 heterocycles. The van der Waals surface area contributed by atoms with Gasteiger partial charge in [-0.25, -0.2) is 0 Å². The summed E-state index contributed by atoms with van der Waals surface area (Å²) >= 11 is 6.08. The lowest BCUT2D eigenvalue weighted by atomic mass is 10.1. The minimum atomic E-state index is -3.94. The summed E-state index contributed by atoms with van der Waals surface area (Å²) in [6.45, 7) is 0. The lowest BCUT2D eigenvalue weighted by Gasteiger charge is -2.07. The van der Waals surface area contributed by atoms with Crippen molar-refractivity contribution < 1.29 is 16.8 Å². The fourth-order valence-electron chi connectivity index (χ4n) is 2.19. The Labute approximate surface area is 162 Å². The van der Waals surface area contributed by atoms with Gasteiger partial charge in [0, 0.05) is 0 Å². The highest BCUT2D eigenvalue weighted by atomic mass is 35.5. The molecule has 0 saturated carbocycles. The van der Waals surface area contributed by atoms with Crippen molar-refractivity contribution in [2.75, 3.05) is 0 Å². The molecule has 2 aromatic rings. The molecule has 3 rings (SSSR count). The fraction of sp³-hybridized carbons (Fsp3) is 0. The maximum Gasteiger partial charge on any atom is 0.282 e. The minimum Gasteiger partial charge on any atom is -0.199 e. The van der Waals surface area contributed by atoms with Crippen molar-refractivity contribution in [2.45, 2.75) is 9.79 Å². The van der Waals surface area contributed by atoms with Crippen LogP contribution in [0.1, 0.15) is 0 Å². The van der Waals surface area contributed by atoms with E-state index in [1.807, 2.05) is 0 Å². The first-order valence-electron chi connectivity index (χ1n) is 7.64. The summed E-state index contributed by atoms with van der Waals surface area (Å²) < 4.78 is 56.6. The highest BCUT2D eigenvalue weighted by Crippen LogP contribution is 2.19. The molecule has 0 saturated heterocycles. The van der Waals surface area contributed by atoms with E-state index >= 15 is 0 Å². The molecule has 0 spiro atoms. The molecule has 2 aromatic carbocycles. The van der Waals surface area contributed by atoms with Crippen molar-refractivity contribution in [3.63, 3.8) is 0 Å². The molecule has 1 aliphatic rings. The standard InChI is InChI=1S/C18H13ClN2O4S2/c19-17-13-14(20-26(22,23)15-7-3-1-4-8-15)11-12-18(17)21-27(24,25)16-9-5-2-6-10-16/h1-13H/b20-14+,21-18-. The molecule has 138 valence electrons. The van der Waals surface area contributed by atoms with E-state index in [0.717, 1.165) is 0 Å². The Hall–Kier alpha value is -2.55. The van der Waals surface area contributed by atoms with Crippen LogP contribution in [0, 0.1) is 0 Å². The van der Waals surface area contributed by atoms with Crippen molar-refractivity contribution >= 4 is 43.1 Å². The van der Waals surface area contributed by atoms with Crippen LogP contribution in [0.15, 0.2) is 103 Å². The smallest absolute Gasteiger partial charge is 0.199 e. The normalized spacial score (nSPS) is 17.9. The highest BCUT2D eigenvalue weighted by molar-refractivity contribution is 7.90. The topological polar surface area (TPSA) is 93.0 Å². The molecule has 27 heavy (non-hydrogen) atoms. The van der Waals surface area contributed by atoms with Crippen LogP contribution in [0.25, 0.3) is 0 Å². The Bertz CT molecular complexity index is 1180.